The van der Waals surface area contributed by atoms with Crippen LogP contribution >= 0.6 is 0 Å². The molecule has 0 aliphatic rings. The highest BCUT2D eigenvalue weighted by Crippen LogP contribution is 2.32. The zero-order valence-electron chi connectivity index (χ0n) is 15.6. The van der Waals surface area contributed by atoms with Crippen LogP contribution in [-0.2, 0) is 6.42 Å². The molecule has 7 heteroatoms. The number of hydrogen-bond acceptors (Lipinski definition) is 6. The van der Waals surface area contributed by atoms with E-state index in [9.17, 15) is 14.9 Å². The zero-order chi connectivity index (χ0) is 20.1. The molecule has 3 rings (SSSR count). The van der Waals surface area contributed by atoms with Gasteiger partial charge in [-0.15, -0.1) is 0 Å². The molecule has 0 radical (unpaired) electrons. The van der Waals surface area contributed by atoms with Gasteiger partial charge in [-0.1, -0.05) is 47.6 Å². The van der Waals surface area contributed by atoms with E-state index in [1.54, 1.807) is 43.5 Å². The fraction of sp³-hybridized carbons (Fsp3) is 0.238. The predicted molar refractivity (Wildman–Crippen MR) is 103 cm³/mol. The van der Waals surface area contributed by atoms with E-state index in [1.807, 2.05) is 18.2 Å². The normalized spacial score (nSPS) is 11.8. The molecule has 2 aromatic carbocycles. The third kappa shape index (κ3) is 4.25. The molecule has 1 unspecified atom stereocenters. The fourth-order valence-electron chi connectivity index (χ4n) is 3.15. The lowest BCUT2D eigenvalue weighted by Gasteiger charge is -2.16. The number of Topliss-reactive ketones (excluding diaryl/α,β-unsaturated/α-hetero) is 1. The first-order valence-corrected chi connectivity index (χ1v) is 8.81. The van der Waals surface area contributed by atoms with Crippen LogP contribution in [0.1, 0.15) is 39.7 Å². The number of hydrogen-bond donors (Lipinski definition) is 0. The van der Waals surface area contributed by atoms with Crippen molar-refractivity contribution in [2.75, 3.05) is 7.11 Å². The summed E-state index contributed by atoms with van der Waals surface area (Å²) >= 11 is 0. The molecule has 0 N–H and O–H groups in total. The molecule has 144 valence electrons. The first kappa shape index (κ1) is 19.3. The van der Waals surface area contributed by atoms with Crippen molar-refractivity contribution in [3.05, 3.63) is 87.3 Å². The maximum atomic E-state index is 12.8. The molecule has 1 aromatic heterocycles. The third-order valence-electron chi connectivity index (χ3n) is 4.63. The predicted octanol–water partition coefficient (Wildman–Crippen LogP) is 4.50. The summed E-state index contributed by atoms with van der Waals surface area (Å²) in [6.07, 6.45) is 0.384. The Hall–Kier alpha value is -3.48. The molecule has 0 bridgehead atoms. The van der Waals surface area contributed by atoms with E-state index in [-0.39, 0.29) is 41.7 Å². The van der Waals surface area contributed by atoms with Gasteiger partial charge in [0.1, 0.15) is 5.75 Å². The van der Waals surface area contributed by atoms with Gasteiger partial charge in [-0.2, -0.15) is 0 Å². The Labute approximate surface area is 162 Å². The fourth-order valence-corrected chi connectivity index (χ4v) is 3.15. The van der Waals surface area contributed by atoms with Gasteiger partial charge < -0.3 is 9.26 Å². The van der Waals surface area contributed by atoms with Crippen LogP contribution in [0.15, 0.2) is 59.1 Å². The van der Waals surface area contributed by atoms with Crippen molar-refractivity contribution in [2.24, 2.45) is 0 Å². The van der Waals surface area contributed by atoms with E-state index < -0.39 is 4.92 Å². The van der Waals surface area contributed by atoms with E-state index in [0.29, 0.717) is 11.3 Å². The van der Waals surface area contributed by atoms with Crippen molar-refractivity contribution in [2.45, 2.75) is 25.7 Å². The van der Waals surface area contributed by atoms with Crippen LogP contribution in [0.4, 0.5) is 5.69 Å². The van der Waals surface area contributed by atoms with Crippen LogP contribution in [0.2, 0.25) is 0 Å². The first-order chi connectivity index (χ1) is 13.5. The summed E-state index contributed by atoms with van der Waals surface area (Å²) in [5, 5.41) is 15.1. The second kappa shape index (κ2) is 8.47. The number of carbonyl (C=O) groups excluding carboxylic acids is 1. The molecular weight excluding hydrogens is 360 g/mol. The zero-order valence-corrected chi connectivity index (χ0v) is 15.6. The number of rotatable bonds is 8. The maximum Gasteiger partial charge on any atom is 0.334 e. The van der Waals surface area contributed by atoms with Crippen LogP contribution in [0.5, 0.6) is 5.75 Å². The maximum absolute atomic E-state index is 12.8. The van der Waals surface area contributed by atoms with E-state index in [4.69, 9.17) is 9.26 Å². The average molecular weight is 380 g/mol. The Kier molecular flexibility index (Phi) is 5.84. The second-order valence-corrected chi connectivity index (χ2v) is 6.46. The van der Waals surface area contributed by atoms with Gasteiger partial charge in [0, 0.05) is 18.4 Å². The molecular formula is C21H20N2O5. The van der Waals surface area contributed by atoms with Gasteiger partial charge in [0.15, 0.2) is 11.5 Å². The van der Waals surface area contributed by atoms with Crippen molar-refractivity contribution >= 4 is 11.5 Å². The number of aryl methyl sites for hydroxylation is 1. The van der Waals surface area contributed by atoms with Gasteiger partial charge in [0.2, 0.25) is 5.76 Å². The second-order valence-electron chi connectivity index (χ2n) is 6.46. The lowest BCUT2D eigenvalue weighted by Crippen LogP contribution is -2.11. The Morgan fingerprint density at radius 2 is 1.86 bits per heavy atom. The Morgan fingerprint density at radius 1 is 1.18 bits per heavy atom. The minimum Gasteiger partial charge on any atom is -0.497 e. The molecule has 0 saturated carbocycles. The van der Waals surface area contributed by atoms with Gasteiger partial charge in [-0.05, 0) is 30.5 Å². The number of ketones is 1. The summed E-state index contributed by atoms with van der Waals surface area (Å²) < 4.78 is 10.4. The first-order valence-electron chi connectivity index (χ1n) is 8.81. The van der Waals surface area contributed by atoms with Gasteiger partial charge >= 0.3 is 5.69 Å². The number of carbonyl (C=O) groups is 1. The Bertz CT molecular complexity index is 964. The molecule has 1 heterocycles. The van der Waals surface area contributed by atoms with Gasteiger partial charge in [-0.25, -0.2) is 0 Å². The van der Waals surface area contributed by atoms with E-state index >= 15 is 0 Å². The summed E-state index contributed by atoms with van der Waals surface area (Å²) in [4.78, 5) is 23.6. The number of nitrogens with zero attached hydrogens (tertiary/aromatic N) is 2. The lowest BCUT2D eigenvalue weighted by molar-refractivity contribution is -0.386. The summed E-state index contributed by atoms with van der Waals surface area (Å²) in [6.45, 7) is 1.53. The monoisotopic (exact) mass is 380 g/mol. The van der Waals surface area contributed by atoms with Crippen molar-refractivity contribution in [3.8, 4) is 5.75 Å². The number of ether oxygens (including phenoxy) is 1. The van der Waals surface area contributed by atoms with E-state index in [0.717, 1.165) is 5.56 Å². The molecule has 3 aromatic rings. The molecule has 7 nitrogen and oxygen atoms in total. The Balaban J connectivity index is 1.92. The summed E-state index contributed by atoms with van der Waals surface area (Å²) in [5.74, 6) is 0.521. The van der Waals surface area contributed by atoms with E-state index in [2.05, 4.69) is 5.16 Å². The Morgan fingerprint density at radius 3 is 2.46 bits per heavy atom. The standard InChI is InChI=1S/C21H20N2O5/c1-14-21(23(25)26)20(28-22-14)13-17(15-8-10-18(27-2)11-9-15)12-19(24)16-6-4-3-5-7-16/h3-11,17H,12-13H2,1-2H3. The quantitative estimate of drug-likeness (QED) is 0.324. The van der Waals surface area contributed by atoms with Crippen molar-refractivity contribution in [1.82, 2.24) is 5.16 Å². The van der Waals surface area contributed by atoms with Crippen molar-refractivity contribution in [1.29, 1.82) is 0 Å². The average Bonchev–Trinajstić information content (AvgIpc) is 3.08. The number of benzene rings is 2. The molecule has 0 amide bonds. The number of nitro groups is 1. The minimum atomic E-state index is -0.495. The SMILES string of the molecule is COc1ccc(C(CC(=O)c2ccccc2)Cc2onc(C)c2[N+](=O)[O-])cc1. The summed E-state index contributed by atoms with van der Waals surface area (Å²) in [6, 6.07) is 16.3. The third-order valence-corrected chi connectivity index (χ3v) is 4.63. The van der Waals surface area contributed by atoms with Crippen molar-refractivity contribution in [3.63, 3.8) is 0 Å². The van der Waals surface area contributed by atoms with Crippen LogP contribution in [-0.4, -0.2) is 23.0 Å². The van der Waals surface area contributed by atoms with Crippen molar-refractivity contribution < 1.29 is 19.0 Å². The molecule has 28 heavy (non-hydrogen) atoms. The smallest absolute Gasteiger partial charge is 0.334 e. The molecule has 1 atom stereocenters. The van der Waals surface area contributed by atoms with Crippen LogP contribution < -0.4 is 4.74 Å². The molecule has 0 spiro atoms. The largest absolute Gasteiger partial charge is 0.497 e. The highest BCUT2D eigenvalue weighted by atomic mass is 16.6. The summed E-state index contributed by atoms with van der Waals surface area (Å²) in [5.41, 5.74) is 1.56. The molecule has 0 aliphatic heterocycles. The number of methoxy groups -OCH3 is 1. The molecule has 0 saturated heterocycles. The van der Waals surface area contributed by atoms with E-state index in [1.165, 1.54) is 6.92 Å². The van der Waals surface area contributed by atoms with Gasteiger partial charge in [0.05, 0.1) is 12.0 Å². The van der Waals surface area contributed by atoms with Gasteiger partial charge in [0.25, 0.3) is 0 Å². The van der Waals surface area contributed by atoms with Crippen LogP contribution in [0, 0.1) is 17.0 Å². The number of aromatic nitrogens is 1. The van der Waals surface area contributed by atoms with Crippen LogP contribution in [0.25, 0.3) is 0 Å². The minimum absolute atomic E-state index is 0.0414. The highest BCUT2D eigenvalue weighted by Gasteiger charge is 2.28. The lowest BCUT2D eigenvalue weighted by atomic mass is 9.88. The van der Waals surface area contributed by atoms with Gasteiger partial charge in [-0.3, -0.25) is 14.9 Å². The molecule has 0 fully saturated rings. The molecule has 0 aliphatic carbocycles. The summed E-state index contributed by atoms with van der Waals surface area (Å²) in [7, 11) is 1.58. The van der Waals surface area contributed by atoms with Crippen LogP contribution in [0.3, 0.4) is 0 Å². The topological polar surface area (TPSA) is 95.5 Å². The highest BCUT2D eigenvalue weighted by molar-refractivity contribution is 5.96.